The lowest BCUT2D eigenvalue weighted by Crippen LogP contribution is -2.34. The van der Waals surface area contributed by atoms with Gasteiger partial charge in [0.2, 0.25) is 0 Å². The Kier molecular flexibility index (Phi) is 4.43. The van der Waals surface area contributed by atoms with Crippen molar-refractivity contribution in [2.24, 2.45) is 0 Å². The van der Waals surface area contributed by atoms with E-state index in [1.54, 1.807) is 11.3 Å². The molecule has 0 bridgehead atoms. The van der Waals surface area contributed by atoms with Gasteiger partial charge < -0.3 is 0 Å². The number of piperidine rings is 1. The van der Waals surface area contributed by atoms with E-state index in [-0.39, 0.29) is 0 Å². The third kappa shape index (κ3) is 3.50. The Morgan fingerprint density at radius 3 is 2.89 bits per heavy atom. The normalized spacial score (nSPS) is 18.1. The molecule has 0 saturated carbocycles. The van der Waals surface area contributed by atoms with E-state index in [2.05, 4.69) is 57.9 Å². The van der Waals surface area contributed by atoms with Crippen LogP contribution in [0.1, 0.15) is 30.1 Å². The van der Waals surface area contributed by atoms with Crippen LogP contribution in [0, 0.1) is 0 Å². The first-order valence-electron chi connectivity index (χ1n) is 9.36. The maximum absolute atomic E-state index is 4.82. The summed E-state index contributed by atoms with van der Waals surface area (Å²) in [6.45, 7) is 3.11. The second kappa shape index (κ2) is 7.21. The first-order chi connectivity index (χ1) is 13.3. The highest BCUT2D eigenvalue weighted by Crippen LogP contribution is 2.28. The second-order valence-corrected chi connectivity index (χ2v) is 8.05. The van der Waals surface area contributed by atoms with Gasteiger partial charge in [0, 0.05) is 48.0 Å². The Labute approximate surface area is 162 Å². The van der Waals surface area contributed by atoms with E-state index in [0.29, 0.717) is 5.92 Å². The van der Waals surface area contributed by atoms with Gasteiger partial charge in [0.15, 0.2) is 11.5 Å². The minimum atomic E-state index is 0.394. The summed E-state index contributed by atoms with van der Waals surface area (Å²) in [5, 5.41) is 6.92. The van der Waals surface area contributed by atoms with E-state index >= 15 is 0 Å². The van der Waals surface area contributed by atoms with E-state index in [1.807, 2.05) is 16.9 Å². The molecule has 136 valence electrons. The molecule has 1 fully saturated rings. The van der Waals surface area contributed by atoms with Gasteiger partial charge in [0.25, 0.3) is 0 Å². The van der Waals surface area contributed by atoms with Gasteiger partial charge in [-0.25, -0.2) is 9.50 Å². The highest BCUT2D eigenvalue weighted by molar-refractivity contribution is 7.13. The quantitative estimate of drug-likeness (QED) is 0.535. The van der Waals surface area contributed by atoms with Gasteiger partial charge in [-0.1, -0.05) is 6.07 Å². The Morgan fingerprint density at radius 1 is 1.11 bits per heavy atom. The Balaban J connectivity index is 1.36. The van der Waals surface area contributed by atoms with E-state index in [4.69, 9.17) is 10.1 Å². The largest absolute Gasteiger partial charge is 0.298 e. The van der Waals surface area contributed by atoms with Crippen LogP contribution in [-0.4, -0.2) is 37.6 Å². The first-order valence-corrected chi connectivity index (χ1v) is 10.2. The van der Waals surface area contributed by atoms with E-state index in [0.717, 1.165) is 37.5 Å². The van der Waals surface area contributed by atoms with Gasteiger partial charge in [0.05, 0.1) is 0 Å². The number of hydrogen-bond donors (Lipinski definition) is 0. The predicted molar refractivity (Wildman–Crippen MR) is 108 cm³/mol. The fourth-order valence-electron chi connectivity index (χ4n) is 3.82. The monoisotopic (exact) mass is 375 g/mol. The number of rotatable bonds is 4. The van der Waals surface area contributed by atoms with Crippen molar-refractivity contribution in [3.8, 4) is 10.4 Å². The van der Waals surface area contributed by atoms with Crippen LogP contribution in [-0.2, 0) is 6.54 Å². The highest BCUT2D eigenvalue weighted by Gasteiger charge is 2.24. The SMILES string of the molecule is c1csc(-c2ccc3nc(C4CCCN(Cc5ccncc5)C4)nn3c2)c1. The number of hydrogen-bond acceptors (Lipinski definition) is 5. The summed E-state index contributed by atoms with van der Waals surface area (Å²) in [6, 6.07) is 12.6. The molecular formula is C21H21N5S. The summed E-state index contributed by atoms with van der Waals surface area (Å²) in [5.41, 5.74) is 3.43. The molecule has 0 spiro atoms. The van der Waals surface area contributed by atoms with Crippen LogP contribution in [0.15, 0.2) is 60.4 Å². The maximum atomic E-state index is 4.82. The van der Waals surface area contributed by atoms with E-state index in [1.165, 1.54) is 22.4 Å². The van der Waals surface area contributed by atoms with Crippen molar-refractivity contribution in [1.82, 2.24) is 24.5 Å². The number of thiophene rings is 1. The van der Waals surface area contributed by atoms with Gasteiger partial charge in [-0.15, -0.1) is 11.3 Å². The zero-order valence-electron chi connectivity index (χ0n) is 15.0. The van der Waals surface area contributed by atoms with Crippen molar-refractivity contribution < 1.29 is 0 Å². The minimum absolute atomic E-state index is 0.394. The van der Waals surface area contributed by atoms with Crippen molar-refractivity contribution in [2.75, 3.05) is 13.1 Å². The summed E-state index contributed by atoms with van der Waals surface area (Å²) >= 11 is 1.75. The van der Waals surface area contributed by atoms with Crippen molar-refractivity contribution in [1.29, 1.82) is 0 Å². The third-order valence-corrected chi connectivity index (χ3v) is 6.10. The molecule has 1 atom stereocenters. The van der Waals surface area contributed by atoms with Crippen molar-refractivity contribution in [2.45, 2.75) is 25.3 Å². The molecule has 1 saturated heterocycles. The molecule has 5 nitrogen and oxygen atoms in total. The molecule has 0 radical (unpaired) electrons. The van der Waals surface area contributed by atoms with Crippen LogP contribution in [0.5, 0.6) is 0 Å². The number of nitrogens with zero attached hydrogens (tertiary/aromatic N) is 5. The van der Waals surface area contributed by atoms with Gasteiger partial charge in [-0.3, -0.25) is 9.88 Å². The summed E-state index contributed by atoms with van der Waals surface area (Å²) in [4.78, 5) is 12.7. The number of likely N-dealkylation sites (tertiary alicyclic amines) is 1. The average molecular weight is 376 g/mol. The van der Waals surface area contributed by atoms with Crippen molar-refractivity contribution in [3.05, 3.63) is 71.8 Å². The molecule has 5 rings (SSSR count). The lowest BCUT2D eigenvalue weighted by molar-refractivity contribution is 0.196. The molecule has 1 aliphatic heterocycles. The zero-order chi connectivity index (χ0) is 18.1. The van der Waals surface area contributed by atoms with Gasteiger partial charge >= 0.3 is 0 Å². The molecule has 0 amide bonds. The molecule has 4 aromatic heterocycles. The second-order valence-electron chi connectivity index (χ2n) is 7.10. The molecule has 1 aliphatic rings. The molecule has 5 heterocycles. The number of fused-ring (bicyclic) bond motifs is 1. The zero-order valence-corrected chi connectivity index (χ0v) is 15.8. The molecule has 6 heteroatoms. The number of aromatic nitrogens is 4. The lowest BCUT2D eigenvalue weighted by atomic mass is 9.97. The molecule has 0 aromatic carbocycles. The smallest absolute Gasteiger partial charge is 0.156 e. The summed E-state index contributed by atoms with van der Waals surface area (Å²) in [7, 11) is 0. The fourth-order valence-corrected chi connectivity index (χ4v) is 4.54. The molecule has 1 unspecified atom stereocenters. The average Bonchev–Trinajstić information content (AvgIpc) is 3.38. The summed E-state index contributed by atoms with van der Waals surface area (Å²) in [5.74, 6) is 1.36. The maximum Gasteiger partial charge on any atom is 0.156 e. The molecule has 4 aromatic rings. The highest BCUT2D eigenvalue weighted by atomic mass is 32.1. The van der Waals surface area contributed by atoms with Crippen LogP contribution in [0.25, 0.3) is 16.1 Å². The number of pyridine rings is 2. The molecular weight excluding hydrogens is 354 g/mol. The third-order valence-electron chi connectivity index (χ3n) is 5.18. The van der Waals surface area contributed by atoms with Crippen LogP contribution in [0.4, 0.5) is 0 Å². The van der Waals surface area contributed by atoms with Crippen LogP contribution in [0.2, 0.25) is 0 Å². The van der Waals surface area contributed by atoms with Crippen LogP contribution in [0.3, 0.4) is 0 Å². The summed E-state index contributed by atoms with van der Waals surface area (Å²) < 4.78 is 1.94. The molecule has 0 aliphatic carbocycles. The minimum Gasteiger partial charge on any atom is -0.298 e. The fraction of sp³-hybridized carbons (Fsp3) is 0.286. The van der Waals surface area contributed by atoms with E-state index < -0.39 is 0 Å². The first kappa shape index (κ1) is 16.6. The molecule has 27 heavy (non-hydrogen) atoms. The van der Waals surface area contributed by atoms with Gasteiger partial charge in [-0.2, -0.15) is 5.10 Å². The Bertz CT molecular complexity index is 1030. The standard InChI is InChI=1S/C21H21N5S/c1-3-18(14-25(11-1)13-16-7-9-22-10-8-16)21-23-20-6-5-17(15-26(20)24-21)19-4-2-12-27-19/h2,4-10,12,15,18H,1,3,11,13-14H2. The molecule has 0 N–H and O–H groups in total. The van der Waals surface area contributed by atoms with Crippen molar-refractivity contribution in [3.63, 3.8) is 0 Å². The van der Waals surface area contributed by atoms with Crippen molar-refractivity contribution >= 4 is 17.0 Å². The summed E-state index contributed by atoms with van der Waals surface area (Å²) in [6.07, 6.45) is 8.17. The van der Waals surface area contributed by atoms with Crippen LogP contribution < -0.4 is 0 Å². The van der Waals surface area contributed by atoms with Gasteiger partial charge in [-0.05, 0) is 60.7 Å². The van der Waals surface area contributed by atoms with Crippen LogP contribution >= 0.6 is 11.3 Å². The topological polar surface area (TPSA) is 46.3 Å². The lowest BCUT2D eigenvalue weighted by Gasteiger charge is -2.31. The van der Waals surface area contributed by atoms with Gasteiger partial charge in [0.1, 0.15) is 0 Å². The predicted octanol–water partition coefficient (Wildman–Crippen LogP) is 4.23. The van der Waals surface area contributed by atoms with E-state index in [9.17, 15) is 0 Å². The Morgan fingerprint density at radius 2 is 2.04 bits per heavy atom. The Hall–Kier alpha value is -2.57.